The molecule has 2 aromatic carbocycles. The van der Waals surface area contributed by atoms with Crippen molar-refractivity contribution < 1.29 is 15.7 Å². The topological polar surface area (TPSA) is 90.3 Å². The van der Waals surface area contributed by atoms with Crippen LogP contribution in [0.4, 0.5) is 0 Å². The Bertz CT molecular complexity index is 1840. The maximum atomic E-state index is 14.9. The molecule has 0 spiro atoms. The number of carbonyl (C=O) groups is 1. The van der Waals surface area contributed by atoms with Crippen molar-refractivity contribution in [3.63, 3.8) is 0 Å². The van der Waals surface area contributed by atoms with Gasteiger partial charge >= 0.3 is 0 Å². The number of ether oxygens (including phenoxy) is 2. The molecule has 3 saturated carbocycles. The Morgan fingerprint density at radius 3 is 2.28 bits per heavy atom. The minimum atomic E-state index is -0.365. The van der Waals surface area contributed by atoms with E-state index in [1.165, 1.54) is 5.56 Å². The van der Waals surface area contributed by atoms with Crippen molar-refractivity contribution in [1.82, 2.24) is 24.8 Å². The van der Waals surface area contributed by atoms with Crippen LogP contribution in [0.2, 0.25) is 0 Å². The highest BCUT2D eigenvalue weighted by Crippen LogP contribution is 2.69. The summed E-state index contributed by atoms with van der Waals surface area (Å²) in [6.07, 6.45) is 8.72. The van der Waals surface area contributed by atoms with Gasteiger partial charge in [-0.2, -0.15) is 4.98 Å². The zero-order valence-corrected chi connectivity index (χ0v) is 30.7. The first-order valence-corrected chi connectivity index (χ1v) is 18.3. The number of rotatable bonds is 10. The highest BCUT2D eigenvalue weighted by molar-refractivity contribution is 5.95. The minimum absolute atomic E-state index is 0. The van der Waals surface area contributed by atoms with E-state index in [0.29, 0.717) is 35.7 Å². The van der Waals surface area contributed by atoms with E-state index in [9.17, 15) is 4.79 Å². The van der Waals surface area contributed by atoms with Crippen molar-refractivity contribution in [2.24, 2.45) is 11.3 Å². The smallest absolute Gasteiger partial charge is 0.254 e. The summed E-state index contributed by atoms with van der Waals surface area (Å²) in [6.45, 7) is 16.8. The van der Waals surface area contributed by atoms with Crippen molar-refractivity contribution in [2.45, 2.75) is 104 Å². The zero-order valence-electron chi connectivity index (χ0n) is 30.7. The Balaban J connectivity index is 0.00000448. The average Bonchev–Trinajstić information content (AvgIpc) is 3.04. The summed E-state index contributed by atoms with van der Waals surface area (Å²) in [6, 6.07) is 16.0. The van der Waals surface area contributed by atoms with Gasteiger partial charge < -0.3 is 14.4 Å². The lowest BCUT2D eigenvalue weighted by Gasteiger charge is -2.72. The molecule has 1 aliphatic heterocycles. The summed E-state index contributed by atoms with van der Waals surface area (Å²) in [7, 11) is 0. The van der Waals surface area contributed by atoms with Gasteiger partial charge in [-0.1, -0.05) is 56.7 Å². The number of aromatic nitrogens is 4. The molecule has 3 heterocycles. The highest BCUT2D eigenvalue weighted by Gasteiger charge is 2.71. The van der Waals surface area contributed by atoms with Crippen molar-refractivity contribution in [1.29, 1.82) is 0 Å². The van der Waals surface area contributed by atoms with Crippen molar-refractivity contribution in [3.05, 3.63) is 100 Å². The van der Waals surface area contributed by atoms with Crippen LogP contribution in [0.25, 0.3) is 11.3 Å². The molecule has 8 rings (SSSR count). The Labute approximate surface area is 298 Å². The Morgan fingerprint density at radius 1 is 0.980 bits per heavy atom. The van der Waals surface area contributed by atoms with Crippen LogP contribution in [0.3, 0.4) is 0 Å². The molecule has 1 saturated heterocycles. The first-order chi connectivity index (χ1) is 23.9. The molecular formula is C42H53N5O3. The zero-order chi connectivity index (χ0) is 35.2. The van der Waals surface area contributed by atoms with Crippen LogP contribution in [0, 0.1) is 39.0 Å². The van der Waals surface area contributed by atoms with Crippen LogP contribution in [0.5, 0.6) is 5.88 Å². The van der Waals surface area contributed by atoms with Crippen LogP contribution in [-0.2, 0) is 4.74 Å². The van der Waals surface area contributed by atoms with Crippen molar-refractivity contribution in [3.8, 4) is 17.1 Å². The van der Waals surface area contributed by atoms with Crippen LogP contribution < -0.4 is 4.74 Å². The quantitative estimate of drug-likeness (QED) is 0.166. The molecule has 8 nitrogen and oxygen atoms in total. The molecule has 2 aromatic heterocycles. The maximum Gasteiger partial charge on any atom is 0.254 e. The van der Waals surface area contributed by atoms with Crippen LogP contribution in [0.1, 0.15) is 110 Å². The average molecular weight is 676 g/mol. The molecule has 4 fully saturated rings. The monoisotopic (exact) mass is 675 g/mol. The van der Waals surface area contributed by atoms with Gasteiger partial charge in [0.05, 0.1) is 17.3 Å². The third kappa shape index (κ3) is 6.67. The summed E-state index contributed by atoms with van der Waals surface area (Å²) < 4.78 is 12.2. The summed E-state index contributed by atoms with van der Waals surface area (Å²) in [4.78, 5) is 36.6. The minimum Gasteiger partial charge on any atom is -0.475 e. The summed E-state index contributed by atoms with van der Waals surface area (Å²) >= 11 is 0. The normalized spacial score (nSPS) is 22.3. The molecule has 8 heteroatoms. The van der Waals surface area contributed by atoms with E-state index in [1.54, 1.807) is 0 Å². The lowest BCUT2D eigenvalue weighted by molar-refractivity contribution is -0.174. The number of hydrogen-bond acceptors (Lipinski definition) is 7. The second kappa shape index (κ2) is 13.5. The van der Waals surface area contributed by atoms with E-state index in [-0.39, 0.29) is 30.2 Å². The summed E-state index contributed by atoms with van der Waals surface area (Å²) in [5.41, 5.74) is 6.80. The van der Waals surface area contributed by atoms with E-state index in [4.69, 9.17) is 29.4 Å². The van der Waals surface area contributed by atoms with Crippen LogP contribution in [0.15, 0.2) is 60.9 Å². The number of hydrogen-bond donors (Lipinski definition) is 0. The third-order valence-electron chi connectivity index (χ3n) is 11.1. The first kappa shape index (κ1) is 34.3. The fourth-order valence-electron chi connectivity index (χ4n) is 8.73. The van der Waals surface area contributed by atoms with Gasteiger partial charge in [0.15, 0.2) is 0 Å². The first-order valence-electron chi connectivity index (χ1n) is 18.3. The molecule has 3 aliphatic carbocycles. The SMILES string of the molecule is Cc1cccc(C(=O)N([C@@H](COc2cc(-c3c(C)cccc3C)nc(C)n2)CC(C)(C)C)C23CC(C2)C3c2ncc(C3CCOCC3)cn2)c1.[HH]. The van der Waals surface area contributed by atoms with E-state index in [0.717, 1.165) is 79.1 Å². The van der Waals surface area contributed by atoms with Gasteiger partial charge in [0.1, 0.15) is 18.3 Å². The molecule has 1 amide bonds. The van der Waals surface area contributed by atoms with Gasteiger partial charge in [-0.15, -0.1) is 0 Å². The second-order valence-electron chi connectivity index (χ2n) is 16.2. The largest absolute Gasteiger partial charge is 0.475 e. The predicted octanol–water partition coefficient (Wildman–Crippen LogP) is 8.58. The number of nitrogens with zero attached hydrogens (tertiary/aromatic N) is 5. The maximum absolute atomic E-state index is 14.9. The van der Waals surface area contributed by atoms with Crippen LogP contribution in [-0.4, -0.2) is 62.1 Å². The predicted molar refractivity (Wildman–Crippen MR) is 198 cm³/mol. The Hall–Kier alpha value is -4.17. The molecule has 2 atom stereocenters. The number of aryl methyl sites for hydroxylation is 4. The molecule has 2 bridgehead atoms. The Morgan fingerprint density at radius 2 is 1.66 bits per heavy atom. The third-order valence-corrected chi connectivity index (χ3v) is 11.1. The van der Waals surface area contributed by atoms with Gasteiger partial charge in [0, 0.05) is 50.1 Å². The molecule has 50 heavy (non-hydrogen) atoms. The van der Waals surface area contributed by atoms with E-state index in [2.05, 4.69) is 57.7 Å². The number of benzene rings is 2. The highest BCUT2D eigenvalue weighted by atomic mass is 16.5. The number of carbonyl (C=O) groups excluding carboxylic acids is 1. The van der Waals surface area contributed by atoms with E-state index < -0.39 is 0 Å². The van der Waals surface area contributed by atoms with Crippen molar-refractivity contribution in [2.75, 3.05) is 19.8 Å². The van der Waals surface area contributed by atoms with E-state index >= 15 is 0 Å². The van der Waals surface area contributed by atoms with Crippen LogP contribution >= 0.6 is 0 Å². The standard InChI is InChI=1S/C42H51N5O3.H2/c1-26-10-8-13-31(18-26)40(48)47(42-20-32(21-42)38(42)39-43-23-33(24-44-39)30-14-16-49-17-15-30)34(22-41(5,6)7)25-50-36-19-35(45-29(4)46-36)37-27(2)11-9-12-28(37)3;/h8-13,18-19,23-24,30,32,34,38H,14-17,20-22,25H2,1-7H3;1H/t32?,34-,38?,42?;/m1./s1. The lowest BCUT2D eigenvalue weighted by atomic mass is 9.41. The summed E-state index contributed by atoms with van der Waals surface area (Å²) in [5.74, 6) is 3.08. The van der Waals surface area contributed by atoms with Gasteiger partial charge in [0.2, 0.25) is 5.88 Å². The number of amides is 1. The van der Waals surface area contributed by atoms with Gasteiger partial charge in [-0.05, 0) is 106 Å². The fraction of sp³-hybridized carbons (Fsp3) is 0.500. The molecule has 264 valence electrons. The fourth-order valence-corrected chi connectivity index (χ4v) is 8.73. The molecule has 4 aromatic rings. The van der Waals surface area contributed by atoms with E-state index in [1.807, 2.05) is 56.6 Å². The van der Waals surface area contributed by atoms with Gasteiger partial charge in [0.25, 0.3) is 5.91 Å². The Kier molecular flexibility index (Phi) is 9.27. The molecular weight excluding hydrogens is 622 g/mol. The molecule has 1 unspecified atom stereocenters. The molecule has 0 N–H and O–H groups in total. The second-order valence-corrected chi connectivity index (χ2v) is 16.2. The molecule has 0 radical (unpaired) electrons. The molecule has 4 aliphatic rings. The van der Waals surface area contributed by atoms with Gasteiger partial charge in [-0.25, -0.2) is 15.0 Å². The van der Waals surface area contributed by atoms with Crippen molar-refractivity contribution >= 4 is 5.91 Å². The lowest BCUT2D eigenvalue weighted by Crippen LogP contribution is -2.77. The summed E-state index contributed by atoms with van der Waals surface area (Å²) in [5, 5.41) is 0. The van der Waals surface area contributed by atoms with Gasteiger partial charge in [-0.3, -0.25) is 4.79 Å².